The molecule has 4 heteroatoms. The molecule has 0 radical (unpaired) electrons. The maximum atomic E-state index is 12.4. The second-order valence-corrected chi connectivity index (χ2v) is 5.49. The van der Waals surface area contributed by atoms with Crippen LogP contribution in [0.3, 0.4) is 0 Å². The zero-order valence-electron chi connectivity index (χ0n) is 11.4. The molecule has 0 aliphatic carbocycles. The van der Waals surface area contributed by atoms with Crippen molar-refractivity contribution >= 4 is 11.6 Å². The number of hydrogen-bond acceptors (Lipinski definition) is 3. The quantitative estimate of drug-likeness (QED) is 0.797. The maximum absolute atomic E-state index is 12.4. The smallest absolute Gasteiger partial charge is 0.241 e. The van der Waals surface area contributed by atoms with Crippen molar-refractivity contribution in [2.24, 2.45) is 0 Å². The van der Waals surface area contributed by atoms with Crippen LogP contribution in [0.5, 0.6) is 0 Å². The summed E-state index contributed by atoms with van der Waals surface area (Å²) in [5.41, 5.74) is 2.24. The van der Waals surface area contributed by atoms with Gasteiger partial charge in [0.1, 0.15) is 0 Å². The van der Waals surface area contributed by atoms with Gasteiger partial charge in [0.25, 0.3) is 0 Å². The Hall–Kier alpha value is -1.39. The van der Waals surface area contributed by atoms with Crippen LogP contribution in [-0.4, -0.2) is 42.5 Å². The summed E-state index contributed by atoms with van der Waals surface area (Å²) >= 11 is 0. The molecule has 2 aliphatic rings. The van der Waals surface area contributed by atoms with Gasteiger partial charge in [0, 0.05) is 31.4 Å². The Balaban J connectivity index is 1.80. The number of nitrogens with one attached hydrogen (secondary N) is 2. The van der Waals surface area contributed by atoms with E-state index in [1.807, 2.05) is 18.2 Å². The first kappa shape index (κ1) is 12.6. The monoisotopic (exact) mass is 259 g/mol. The molecule has 102 valence electrons. The lowest BCUT2D eigenvalue weighted by Crippen LogP contribution is -2.56. The summed E-state index contributed by atoms with van der Waals surface area (Å²) in [6.45, 7) is 5.09. The van der Waals surface area contributed by atoms with E-state index in [4.69, 9.17) is 0 Å². The van der Waals surface area contributed by atoms with Crippen LogP contribution in [0.25, 0.3) is 0 Å². The van der Waals surface area contributed by atoms with E-state index in [0.29, 0.717) is 6.04 Å². The van der Waals surface area contributed by atoms with Crippen molar-refractivity contribution in [3.63, 3.8) is 0 Å². The molecule has 2 atom stereocenters. The van der Waals surface area contributed by atoms with Gasteiger partial charge in [0.15, 0.2) is 0 Å². The average molecular weight is 259 g/mol. The number of nitrogens with zero attached hydrogens (tertiary/aromatic N) is 1. The van der Waals surface area contributed by atoms with Crippen LogP contribution >= 0.6 is 0 Å². The summed E-state index contributed by atoms with van der Waals surface area (Å²) < 4.78 is 0. The number of hydrogen-bond donors (Lipinski definition) is 2. The molecule has 0 saturated carbocycles. The minimum Gasteiger partial charge on any atom is -0.324 e. The number of para-hydroxylation sites is 1. The number of carbonyl (C=O) groups excluding carboxylic acids is 1. The van der Waals surface area contributed by atoms with Crippen LogP contribution in [0.1, 0.15) is 18.9 Å². The number of anilines is 1. The van der Waals surface area contributed by atoms with Gasteiger partial charge < -0.3 is 10.6 Å². The maximum Gasteiger partial charge on any atom is 0.241 e. The van der Waals surface area contributed by atoms with Gasteiger partial charge >= 0.3 is 0 Å². The summed E-state index contributed by atoms with van der Waals surface area (Å²) in [5.74, 6) is 0.152. The van der Waals surface area contributed by atoms with Gasteiger partial charge in [0.2, 0.25) is 5.91 Å². The third kappa shape index (κ3) is 2.51. The highest BCUT2D eigenvalue weighted by Crippen LogP contribution is 2.24. The van der Waals surface area contributed by atoms with Crippen molar-refractivity contribution < 1.29 is 4.79 Å². The van der Waals surface area contributed by atoms with Crippen LogP contribution in [-0.2, 0) is 11.2 Å². The van der Waals surface area contributed by atoms with Gasteiger partial charge in [0.05, 0.1) is 6.04 Å². The zero-order valence-corrected chi connectivity index (χ0v) is 11.4. The molecule has 0 aromatic heterocycles. The molecule has 1 aromatic rings. The van der Waals surface area contributed by atoms with Crippen LogP contribution in [0.4, 0.5) is 5.69 Å². The molecule has 2 heterocycles. The third-order valence-electron chi connectivity index (χ3n) is 4.22. The summed E-state index contributed by atoms with van der Waals surface area (Å²) in [5, 5.41) is 6.47. The van der Waals surface area contributed by atoms with E-state index in [1.165, 1.54) is 5.56 Å². The summed E-state index contributed by atoms with van der Waals surface area (Å²) in [6.07, 6.45) is 1.88. The van der Waals surface area contributed by atoms with Crippen molar-refractivity contribution in [1.82, 2.24) is 10.2 Å². The Morgan fingerprint density at radius 2 is 2.16 bits per heavy atom. The van der Waals surface area contributed by atoms with E-state index < -0.39 is 0 Å². The molecular weight excluding hydrogens is 238 g/mol. The lowest BCUT2D eigenvalue weighted by atomic mass is 10.0. The lowest BCUT2D eigenvalue weighted by Gasteiger charge is -2.38. The van der Waals surface area contributed by atoms with Gasteiger partial charge in [-0.1, -0.05) is 18.2 Å². The second kappa shape index (κ2) is 5.31. The Labute approximate surface area is 114 Å². The number of benzene rings is 1. The Morgan fingerprint density at radius 1 is 1.32 bits per heavy atom. The minimum atomic E-state index is 0.00417. The van der Waals surface area contributed by atoms with E-state index >= 15 is 0 Å². The van der Waals surface area contributed by atoms with Gasteiger partial charge in [-0.15, -0.1) is 0 Å². The van der Waals surface area contributed by atoms with Crippen LogP contribution in [0.15, 0.2) is 24.3 Å². The standard InChI is InChI=1S/C15H21N3O/c1-11-10-16-8-9-18(11)14-7-6-12-4-2-3-5-13(12)17-15(14)19/h2-5,11,14,16H,6-10H2,1H3,(H,17,19)/t11-,14?/m1/s1. The topological polar surface area (TPSA) is 44.4 Å². The van der Waals surface area contributed by atoms with Gasteiger partial charge in [-0.2, -0.15) is 0 Å². The highest BCUT2D eigenvalue weighted by Gasteiger charge is 2.32. The second-order valence-electron chi connectivity index (χ2n) is 5.49. The molecular formula is C15H21N3O. The first-order valence-corrected chi connectivity index (χ1v) is 7.11. The summed E-state index contributed by atoms with van der Waals surface area (Å²) in [4.78, 5) is 14.8. The van der Waals surface area contributed by atoms with E-state index in [1.54, 1.807) is 0 Å². The largest absolute Gasteiger partial charge is 0.324 e. The molecule has 0 spiro atoms. The number of carbonyl (C=O) groups is 1. The number of aryl methyl sites for hydroxylation is 1. The highest BCUT2D eigenvalue weighted by molar-refractivity contribution is 5.96. The van der Waals surface area contributed by atoms with Crippen molar-refractivity contribution in [3.8, 4) is 0 Å². The molecule has 19 heavy (non-hydrogen) atoms. The molecule has 1 fully saturated rings. The van der Waals surface area contributed by atoms with E-state index in [9.17, 15) is 4.79 Å². The number of rotatable bonds is 1. The number of amides is 1. The summed E-state index contributed by atoms with van der Waals surface area (Å²) in [6, 6.07) is 8.55. The normalized spacial score (nSPS) is 28.4. The van der Waals surface area contributed by atoms with Crippen molar-refractivity contribution in [2.45, 2.75) is 31.8 Å². The van der Waals surface area contributed by atoms with Gasteiger partial charge in [-0.3, -0.25) is 9.69 Å². The van der Waals surface area contributed by atoms with Crippen molar-refractivity contribution in [2.75, 3.05) is 25.0 Å². The number of fused-ring (bicyclic) bond motifs is 1. The van der Waals surface area contributed by atoms with E-state index in [2.05, 4.69) is 28.5 Å². The molecule has 2 N–H and O–H groups in total. The third-order valence-corrected chi connectivity index (χ3v) is 4.22. The van der Waals surface area contributed by atoms with Crippen molar-refractivity contribution in [1.29, 1.82) is 0 Å². The SMILES string of the molecule is C[C@@H]1CNCCN1C1CCc2ccccc2NC1=O. The molecule has 4 nitrogen and oxygen atoms in total. The van der Waals surface area contributed by atoms with E-state index in [-0.39, 0.29) is 11.9 Å². The molecule has 1 saturated heterocycles. The molecule has 1 amide bonds. The predicted octanol–water partition coefficient (Wildman–Crippen LogP) is 1.23. The fraction of sp³-hybridized carbons (Fsp3) is 0.533. The fourth-order valence-corrected chi connectivity index (χ4v) is 3.14. The van der Waals surface area contributed by atoms with Gasteiger partial charge in [-0.05, 0) is 31.4 Å². The fourth-order valence-electron chi connectivity index (χ4n) is 3.14. The van der Waals surface area contributed by atoms with E-state index in [0.717, 1.165) is 38.2 Å². The first-order chi connectivity index (χ1) is 9.25. The molecule has 1 unspecified atom stereocenters. The molecule has 0 bridgehead atoms. The molecule has 1 aromatic carbocycles. The van der Waals surface area contributed by atoms with Gasteiger partial charge in [-0.25, -0.2) is 0 Å². The average Bonchev–Trinajstić information content (AvgIpc) is 2.58. The Morgan fingerprint density at radius 3 is 3.00 bits per heavy atom. The number of piperazine rings is 1. The Bertz CT molecular complexity index is 474. The molecule has 2 aliphatic heterocycles. The molecule has 3 rings (SSSR count). The van der Waals surface area contributed by atoms with Crippen LogP contribution in [0, 0.1) is 0 Å². The van der Waals surface area contributed by atoms with Crippen molar-refractivity contribution in [3.05, 3.63) is 29.8 Å². The minimum absolute atomic E-state index is 0.00417. The summed E-state index contributed by atoms with van der Waals surface area (Å²) in [7, 11) is 0. The van der Waals surface area contributed by atoms with Crippen LogP contribution in [0.2, 0.25) is 0 Å². The first-order valence-electron chi connectivity index (χ1n) is 7.11. The zero-order chi connectivity index (χ0) is 13.2. The lowest BCUT2D eigenvalue weighted by molar-refractivity contribution is -0.122. The van der Waals surface area contributed by atoms with Crippen LogP contribution < -0.4 is 10.6 Å². The predicted molar refractivity (Wildman–Crippen MR) is 76.2 cm³/mol. The Kier molecular flexibility index (Phi) is 3.53. The highest BCUT2D eigenvalue weighted by atomic mass is 16.2.